The van der Waals surface area contributed by atoms with Crippen molar-refractivity contribution in [1.82, 2.24) is 0 Å². The number of hydrogen-bond donors (Lipinski definition) is 1. The molecule has 0 unspecified atom stereocenters. The van der Waals surface area contributed by atoms with E-state index in [0.717, 1.165) is 6.07 Å². The standard InChI is InChI=1S/C10H13F2N.ClH/c1-7(2)6-13-10-4-8(11)3-9(12)5-10;/h3-5,7,13H,6H2,1-2H3;1H. The van der Waals surface area contributed by atoms with Crippen LogP contribution >= 0.6 is 12.4 Å². The van der Waals surface area contributed by atoms with Crippen LogP contribution in [0.2, 0.25) is 0 Å². The highest BCUT2D eigenvalue weighted by Gasteiger charge is 2.00. The maximum absolute atomic E-state index is 12.7. The van der Waals surface area contributed by atoms with Crippen molar-refractivity contribution in [3.8, 4) is 0 Å². The number of halogens is 3. The van der Waals surface area contributed by atoms with Crippen molar-refractivity contribution >= 4 is 18.1 Å². The van der Waals surface area contributed by atoms with Crippen LogP contribution < -0.4 is 5.32 Å². The summed E-state index contributed by atoms with van der Waals surface area (Å²) in [6, 6.07) is 3.43. The van der Waals surface area contributed by atoms with Crippen molar-refractivity contribution in [2.45, 2.75) is 13.8 Å². The molecule has 0 aromatic heterocycles. The van der Waals surface area contributed by atoms with E-state index >= 15 is 0 Å². The fourth-order valence-electron chi connectivity index (χ4n) is 0.978. The van der Waals surface area contributed by atoms with Gasteiger partial charge in [-0.15, -0.1) is 12.4 Å². The first-order chi connectivity index (χ1) is 6.08. The second-order valence-electron chi connectivity index (χ2n) is 3.43. The van der Waals surface area contributed by atoms with E-state index in [-0.39, 0.29) is 12.4 Å². The van der Waals surface area contributed by atoms with Crippen LogP contribution in [0.1, 0.15) is 13.8 Å². The van der Waals surface area contributed by atoms with E-state index in [2.05, 4.69) is 5.32 Å². The Balaban J connectivity index is 0.00000169. The first kappa shape index (κ1) is 13.2. The van der Waals surface area contributed by atoms with Gasteiger partial charge >= 0.3 is 0 Å². The lowest BCUT2D eigenvalue weighted by Gasteiger charge is -2.08. The summed E-state index contributed by atoms with van der Waals surface area (Å²) in [5.41, 5.74) is 0.492. The topological polar surface area (TPSA) is 12.0 Å². The summed E-state index contributed by atoms with van der Waals surface area (Å²) in [6.45, 7) is 4.77. The van der Waals surface area contributed by atoms with Gasteiger partial charge in [-0.1, -0.05) is 13.8 Å². The Morgan fingerprint density at radius 2 is 1.64 bits per heavy atom. The van der Waals surface area contributed by atoms with Gasteiger partial charge in [0.1, 0.15) is 11.6 Å². The van der Waals surface area contributed by atoms with Gasteiger partial charge < -0.3 is 5.32 Å². The van der Waals surface area contributed by atoms with E-state index in [0.29, 0.717) is 18.2 Å². The Morgan fingerprint density at radius 3 is 2.07 bits per heavy atom. The molecule has 1 nitrogen and oxygen atoms in total. The molecule has 4 heteroatoms. The fraction of sp³-hybridized carbons (Fsp3) is 0.400. The number of benzene rings is 1. The van der Waals surface area contributed by atoms with Gasteiger partial charge in [-0.25, -0.2) is 8.78 Å². The minimum absolute atomic E-state index is 0. The van der Waals surface area contributed by atoms with Crippen LogP contribution in [0.15, 0.2) is 18.2 Å². The lowest BCUT2D eigenvalue weighted by Crippen LogP contribution is -2.08. The lowest BCUT2D eigenvalue weighted by molar-refractivity contribution is 0.583. The van der Waals surface area contributed by atoms with E-state index in [9.17, 15) is 8.78 Å². The lowest BCUT2D eigenvalue weighted by atomic mass is 10.2. The molecule has 0 radical (unpaired) electrons. The predicted molar refractivity (Wildman–Crippen MR) is 56.9 cm³/mol. The average molecular weight is 222 g/mol. The van der Waals surface area contributed by atoms with Crippen LogP contribution in [0.25, 0.3) is 0 Å². The smallest absolute Gasteiger partial charge is 0.128 e. The first-order valence-electron chi connectivity index (χ1n) is 4.28. The number of anilines is 1. The molecular formula is C10H14ClF2N. The van der Waals surface area contributed by atoms with Gasteiger partial charge in [-0.3, -0.25) is 0 Å². The Hall–Kier alpha value is -0.830. The van der Waals surface area contributed by atoms with Gasteiger partial charge in [-0.2, -0.15) is 0 Å². The van der Waals surface area contributed by atoms with Crippen molar-refractivity contribution in [2.24, 2.45) is 5.92 Å². The van der Waals surface area contributed by atoms with Gasteiger partial charge in [0.2, 0.25) is 0 Å². The zero-order chi connectivity index (χ0) is 9.84. The van der Waals surface area contributed by atoms with E-state index < -0.39 is 11.6 Å². The summed E-state index contributed by atoms with van der Waals surface area (Å²) in [6.07, 6.45) is 0. The molecule has 0 spiro atoms. The summed E-state index contributed by atoms with van der Waals surface area (Å²) in [4.78, 5) is 0. The third-order valence-electron chi connectivity index (χ3n) is 1.58. The van der Waals surface area contributed by atoms with Crippen molar-refractivity contribution in [3.05, 3.63) is 29.8 Å². The SMILES string of the molecule is CC(C)CNc1cc(F)cc(F)c1.Cl. The molecule has 0 fully saturated rings. The Bertz CT molecular complexity index is 269. The molecular weight excluding hydrogens is 208 g/mol. The van der Waals surface area contributed by atoms with E-state index in [4.69, 9.17) is 0 Å². The Kier molecular flexibility index (Phi) is 5.46. The molecule has 0 aliphatic rings. The molecule has 1 aromatic rings. The molecule has 0 saturated heterocycles. The molecule has 1 rings (SSSR count). The van der Waals surface area contributed by atoms with Crippen molar-refractivity contribution in [1.29, 1.82) is 0 Å². The molecule has 0 bridgehead atoms. The fourth-order valence-corrected chi connectivity index (χ4v) is 0.978. The largest absolute Gasteiger partial charge is 0.385 e. The highest BCUT2D eigenvalue weighted by Crippen LogP contribution is 2.12. The van der Waals surface area contributed by atoms with Gasteiger partial charge in [0.25, 0.3) is 0 Å². The zero-order valence-corrected chi connectivity index (χ0v) is 9.00. The molecule has 0 atom stereocenters. The number of nitrogens with one attached hydrogen (secondary N) is 1. The van der Waals surface area contributed by atoms with Gasteiger partial charge in [0.15, 0.2) is 0 Å². The van der Waals surface area contributed by atoms with Gasteiger partial charge in [0, 0.05) is 18.3 Å². The molecule has 0 aliphatic heterocycles. The summed E-state index contributed by atoms with van der Waals surface area (Å²) < 4.78 is 25.3. The van der Waals surface area contributed by atoms with Crippen LogP contribution in [0.4, 0.5) is 14.5 Å². The quantitative estimate of drug-likeness (QED) is 0.825. The predicted octanol–water partition coefficient (Wildman–Crippen LogP) is 3.45. The van der Waals surface area contributed by atoms with Crippen molar-refractivity contribution in [2.75, 3.05) is 11.9 Å². The third kappa shape index (κ3) is 4.42. The van der Waals surface area contributed by atoms with Crippen LogP contribution in [0.5, 0.6) is 0 Å². The van der Waals surface area contributed by atoms with Crippen molar-refractivity contribution < 1.29 is 8.78 Å². The van der Waals surface area contributed by atoms with Gasteiger partial charge in [-0.05, 0) is 18.1 Å². The maximum atomic E-state index is 12.7. The molecule has 1 aromatic carbocycles. The van der Waals surface area contributed by atoms with Crippen LogP contribution in [0.3, 0.4) is 0 Å². The van der Waals surface area contributed by atoms with E-state index in [1.807, 2.05) is 13.8 Å². The highest BCUT2D eigenvalue weighted by molar-refractivity contribution is 5.85. The molecule has 0 saturated carbocycles. The summed E-state index contributed by atoms with van der Waals surface area (Å²) >= 11 is 0. The van der Waals surface area contributed by atoms with Crippen LogP contribution in [0, 0.1) is 17.6 Å². The normalized spacial score (nSPS) is 9.79. The van der Waals surface area contributed by atoms with E-state index in [1.165, 1.54) is 12.1 Å². The maximum Gasteiger partial charge on any atom is 0.128 e. The molecule has 80 valence electrons. The average Bonchev–Trinajstić information content (AvgIpc) is 1.99. The minimum atomic E-state index is -0.550. The minimum Gasteiger partial charge on any atom is -0.385 e. The van der Waals surface area contributed by atoms with Crippen molar-refractivity contribution in [3.63, 3.8) is 0 Å². The molecule has 0 amide bonds. The van der Waals surface area contributed by atoms with Crippen LogP contribution in [-0.2, 0) is 0 Å². The monoisotopic (exact) mass is 221 g/mol. The summed E-state index contributed by atoms with van der Waals surface area (Å²) in [7, 11) is 0. The third-order valence-corrected chi connectivity index (χ3v) is 1.58. The van der Waals surface area contributed by atoms with E-state index in [1.54, 1.807) is 0 Å². The summed E-state index contributed by atoms with van der Waals surface area (Å²) in [5.74, 6) is -0.649. The van der Waals surface area contributed by atoms with Crippen LogP contribution in [-0.4, -0.2) is 6.54 Å². The number of hydrogen-bond acceptors (Lipinski definition) is 1. The molecule has 14 heavy (non-hydrogen) atoms. The molecule has 0 heterocycles. The second kappa shape index (κ2) is 5.81. The Morgan fingerprint density at radius 1 is 1.14 bits per heavy atom. The first-order valence-corrected chi connectivity index (χ1v) is 4.28. The Labute approximate surface area is 88.9 Å². The molecule has 1 N–H and O–H groups in total. The zero-order valence-electron chi connectivity index (χ0n) is 8.18. The number of rotatable bonds is 3. The highest BCUT2D eigenvalue weighted by atomic mass is 35.5. The second-order valence-corrected chi connectivity index (χ2v) is 3.43. The molecule has 0 aliphatic carbocycles. The summed E-state index contributed by atoms with van der Waals surface area (Å²) in [5, 5.41) is 2.95. The van der Waals surface area contributed by atoms with Gasteiger partial charge in [0.05, 0.1) is 0 Å².